The summed E-state index contributed by atoms with van der Waals surface area (Å²) in [5.41, 5.74) is 0. The number of carbonyl (C=O) groups is 2. The van der Waals surface area contributed by atoms with Crippen LogP contribution in [-0.2, 0) is 9.59 Å². The Bertz CT molecular complexity index is 40.0. The number of carbonyl (C=O) groups excluding carboxylic acids is 2. The van der Waals surface area contributed by atoms with E-state index in [4.69, 9.17) is 4.79 Å². The molecule has 0 aliphatic heterocycles. The molecular weight excluding hydrogens is 118 g/mol. The minimum atomic E-state index is 0.639. The van der Waals surface area contributed by atoms with Crippen LogP contribution in [-0.4, -0.2) is 27.2 Å². The number of rotatable bonds is 1. The van der Waals surface area contributed by atoms with Gasteiger partial charge in [0.1, 0.15) is 13.1 Å². The van der Waals surface area contributed by atoms with Crippen molar-refractivity contribution in [2.45, 2.75) is 13.3 Å². The van der Waals surface area contributed by atoms with Crippen molar-refractivity contribution in [2.24, 2.45) is 0 Å². The van der Waals surface area contributed by atoms with E-state index in [-0.39, 0.29) is 0 Å². The molecule has 0 radical (unpaired) electrons. The Kier molecular flexibility index (Phi) is 95.8. The van der Waals surface area contributed by atoms with E-state index in [1.54, 1.807) is 0 Å². The molecule has 0 spiro atoms. The summed E-state index contributed by atoms with van der Waals surface area (Å²) in [5.74, 6) is 0. The molecule has 0 aromatic carbocycles. The predicted molar refractivity (Wildman–Crippen MR) is 38.5 cm³/mol. The second kappa shape index (κ2) is 54.8. The highest BCUT2D eigenvalue weighted by Gasteiger charge is 1.52. The third-order valence-corrected chi connectivity index (χ3v) is 0.167. The van der Waals surface area contributed by atoms with Gasteiger partial charge in [0.05, 0.1) is 0 Å². The van der Waals surface area contributed by atoms with Gasteiger partial charge in [-0.15, -0.1) is 0 Å². The van der Waals surface area contributed by atoms with Crippen molar-refractivity contribution >= 4 is 13.1 Å². The maximum Gasteiger partial charge on any atom is 0.119 e. The van der Waals surface area contributed by atoms with E-state index in [2.05, 4.69) is 5.32 Å². The van der Waals surface area contributed by atoms with Crippen LogP contribution in [0.4, 0.5) is 0 Å². The van der Waals surface area contributed by atoms with Crippen molar-refractivity contribution in [1.29, 1.82) is 0 Å². The third kappa shape index (κ3) is 2280. The molecule has 3 heteroatoms. The first kappa shape index (κ1) is 15.7. The molecule has 0 unspecified atom stereocenters. The molecule has 1 N–H and O–H groups in total. The van der Waals surface area contributed by atoms with Crippen LogP contribution < -0.4 is 5.32 Å². The van der Waals surface area contributed by atoms with Crippen LogP contribution >= 0.6 is 0 Å². The highest BCUT2D eigenvalue weighted by molar-refractivity contribution is 5.48. The lowest BCUT2D eigenvalue weighted by Gasteiger charge is -1.59. The quantitative estimate of drug-likeness (QED) is 0.521. The lowest BCUT2D eigenvalue weighted by molar-refractivity contribution is -0.107. The Morgan fingerprint density at radius 3 is 1.56 bits per heavy atom. The molecule has 0 saturated carbocycles. The van der Waals surface area contributed by atoms with E-state index in [1.165, 1.54) is 0 Å². The monoisotopic (exact) mass is 133 g/mol. The summed E-state index contributed by atoms with van der Waals surface area (Å²) in [6.07, 6.45) is 1.51. The van der Waals surface area contributed by atoms with Gasteiger partial charge in [-0.3, -0.25) is 0 Å². The van der Waals surface area contributed by atoms with Gasteiger partial charge in [-0.05, 0) is 14.1 Å². The van der Waals surface area contributed by atoms with Gasteiger partial charge in [0, 0.05) is 6.42 Å². The highest BCUT2D eigenvalue weighted by atomic mass is 16.1. The molecule has 0 atom stereocenters. The maximum atomic E-state index is 9.17. The Balaban J connectivity index is -0.0000000646. The van der Waals surface area contributed by atoms with Crippen molar-refractivity contribution in [3.05, 3.63) is 0 Å². The minimum Gasteiger partial charge on any atom is -0.323 e. The fourth-order valence-electron chi connectivity index (χ4n) is 0. The van der Waals surface area contributed by atoms with E-state index in [1.807, 2.05) is 27.8 Å². The molecule has 9 heavy (non-hydrogen) atoms. The zero-order valence-electron chi connectivity index (χ0n) is 6.31. The predicted octanol–water partition coefficient (Wildman–Crippen LogP) is 0.246. The second-order valence-corrected chi connectivity index (χ2v) is 1.07. The number of hydrogen-bond acceptors (Lipinski definition) is 3. The van der Waals surface area contributed by atoms with Gasteiger partial charge in [-0.25, -0.2) is 0 Å². The van der Waals surface area contributed by atoms with E-state index in [0.29, 0.717) is 6.42 Å². The summed E-state index contributed by atoms with van der Waals surface area (Å²) < 4.78 is 0. The maximum absolute atomic E-state index is 9.17. The Hall–Kier alpha value is -0.700. The van der Waals surface area contributed by atoms with Crippen LogP contribution in [0.15, 0.2) is 0 Å². The van der Waals surface area contributed by atoms with E-state index in [0.717, 1.165) is 6.29 Å². The molecule has 0 aliphatic carbocycles. The van der Waals surface area contributed by atoms with Gasteiger partial charge >= 0.3 is 0 Å². The zero-order valence-corrected chi connectivity index (χ0v) is 6.31. The minimum absolute atomic E-state index is 0.639. The van der Waals surface area contributed by atoms with Crippen molar-refractivity contribution in [2.75, 3.05) is 14.1 Å². The molecule has 0 rings (SSSR count). The topological polar surface area (TPSA) is 46.2 Å². The summed E-state index contributed by atoms with van der Waals surface area (Å²) >= 11 is 0. The average molecular weight is 133 g/mol. The molecule has 0 saturated heterocycles. The highest BCUT2D eigenvalue weighted by Crippen LogP contribution is 1.53. The van der Waals surface area contributed by atoms with Crippen molar-refractivity contribution in [3.63, 3.8) is 0 Å². The van der Waals surface area contributed by atoms with E-state index < -0.39 is 0 Å². The van der Waals surface area contributed by atoms with Gasteiger partial charge in [-0.1, -0.05) is 6.92 Å². The van der Waals surface area contributed by atoms with Crippen LogP contribution in [0.2, 0.25) is 0 Å². The summed E-state index contributed by atoms with van der Waals surface area (Å²) in [5, 5.41) is 2.75. The molecule has 0 aromatic heterocycles. The lowest BCUT2D eigenvalue weighted by atomic mass is 10.6. The van der Waals surface area contributed by atoms with Gasteiger partial charge in [0.25, 0.3) is 0 Å². The van der Waals surface area contributed by atoms with Crippen molar-refractivity contribution in [1.82, 2.24) is 5.32 Å². The first-order valence-corrected chi connectivity index (χ1v) is 2.64. The molecule has 3 nitrogen and oxygen atoms in total. The third-order valence-electron chi connectivity index (χ3n) is 0.167. The Morgan fingerprint density at radius 2 is 1.56 bits per heavy atom. The van der Waals surface area contributed by atoms with Crippen LogP contribution in [0.25, 0.3) is 0 Å². The van der Waals surface area contributed by atoms with Crippen molar-refractivity contribution in [3.8, 4) is 0 Å². The molecule has 0 aromatic rings. The first-order valence-electron chi connectivity index (χ1n) is 2.64. The van der Waals surface area contributed by atoms with Gasteiger partial charge in [-0.2, -0.15) is 0 Å². The summed E-state index contributed by atoms with van der Waals surface area (Å²) in [4.78, 5) is 17.2. The summed E-state index contributed by atoms with van der Waals surface area (Å²) in [6, 6.07) is 0. The normalized spacial score (nSPS) is 5.22. The fourth-order valence-corrected chi connectivity index (χ4v) is 0. The van der Waals surface area contributed by atoms with Gasteiger partial charge in [0.15, 0.2) is 0 Å². The SMILES string of the molecule is C=O.CCC=O.CNC. The van der Waals surface area contributed by atoms with E-state index in [9.17, 15) is 4.79 Å². The molecule has 0 aliphatic rings. The smallest absolute Gasteiger partial charge is 0.119 e. The molecule has 56 valence electrons. The molecule has 0 fully saturated rings. The molecule has 0 bridgehead atoms. The standard InChI is InChI=1S/C3H6O.C2H7N.CH2O/c1-2-3-4;1-3-2;1-2/h3H,2H2,1H3;3H,1-2H3;1H2. The Labute approximate surface area is 56.4 Å². The first-order chi connectivity index (χ1) is 4.33. The zero-order chi connectivity index (χ0) is 8.12. The van der Waals surface area contributed by atoms with Crippen molar-refractivity contribution < 1.29 is 9.59 Å². The lowest BCUT2D eigenvalue weighted by Crippen LogP contribution is -1.89. The number of aldehydes is 1. The molecular formula is C6H15NO2. The van der Waals surface area contributed by atoms with Crippen LogP contribution in [0, 0.1) is 0 Å². The summed E-state index contributed by atoms with van der Waals surface area (Å²) in [6.45, 7) is 3.81. The average Bonchev–Trinajstić information content (AvgIpc) is 1.94. The summed E-state index contributed by atoms with van der Waals surface area (Å²) in [7, 11) is 3.75. The number of nitrogens with one attached hydrogen (secondary N) is 1. The number of hydrogen-bond donors (Lipinski definition) is 1. The van der Waals surface area contributed by atoms with Crippen LogP contribution in [0.5, 0.6) is 0 Å². The Morgan fingerprint density at radius 1 is 1.44 bits per heavy atom. The van der Waals surface area contributed by atoms with Crippen LogP contribution in [0.3, 0.4) is 0 Å². The van der Waals surface area contributed by atoms with Gasteiger partial charge < -0.3 is 14.9 Å². The largest absolute Gasteiger partial charge is 0.323 e. The van der Waals surface area contributed by atoms with E-state index >= 15 is 0 Å². The van der Waals surface area contributed by atoms with Gasteiger partial charge in [0.2, 0.25) is 0 Å². The second-order valence-electron chi connectivity index (χ2n) is 1.07. The fraction of sp³-hybridized carbons (Fsp3) is 0.667. The molecule has 0 amide bonds. The molecule has 0 heterocycles. The van der Waals surface area contributed by atoms with Crippen LogP contribution in [0.1, 0.15) is 13.3 Å².